The van der Waals surface area contributed by atoms with Gasteiger partial charge in [0.2, 0.25) is 0 Å². The Morgan fingerprint density at radius 2 is 1.84 bits per heavy atom. The van der Waals surface area contributed by atoms with Gasteiger partial charge in [-0.05, 0) is 65.7 Å². The monoisotopic (exact) mass is 269 g/mol. The van der Waals surface area contributed by atoms with Crippen LogP contribution in [0.2, 0.25) is 0 Å². The lowest BCUT2D eigenvalue weighted by atomic mass is 9.90. The predicted molar refractivity (Wildman–Crippen MR) is 84.7 cm³/mol. The van der Waals surface area contributed by atoms with Crippen LogP contribution in [0.15, 0.2) is 0 Å². The van der Waals surface area contributed by atoms with Crippen LogP contribution in [0.1, 0.15) is 47.0 Å². The summed E-state index contributed by atoms with van der Waals surface area (Å²) in [4.78, 5) is 5.03. The summed E-state index contributed by atoms with van der Waals surface area (Å²) in [7, 11) is 2.24. The van der Waals surface area contributed by atoms with Crippen molar-refractivity contribution in [2.45, 2.75) is 59.0 Å². The van der Waals surface area contributed by atoms with Crippen LogP contribution < -0.4 is 5.32 Å². The molecule has 19 heavy (non-hydrogen) atoms. The Labute approximate surface area is 120 Å². The SMILES string of the molecule is CCC(C)N(C)CCNC(C)C1CCN(CC)CC1. The van der Waals surface area contributed by atoms with Crippen molar-refractivity contribution < 1.29 is 0 Å². The number of piperidine rings is 1. The van der Waals surface area contributed by atoms with Crippen LogP contribution in [-0.2, 0) is 0 Å². The van der Waals surface area contributed by atoms with Crippen molar-refractivity contribution in [3.63, 3.8) is 0 Å². The van der Waals surface area contributed by atoms with E-state index in [1.54, 1.807) is 0 Å². The standard InChI is InChI=1S/C16H35N3/c1-6-14(3)18(5)13-10-17-15(4)16-8-11-19(7-2)12-9-16/h14-17H,6-13H2,1-5H3. The Balaban J connectivity index is 2.16. The molecule has 0 spiro atoms. The lowest BCUT2D eigenvalue weighted by molar-refractivity contribution is 0.165. The summed E-state index contributed by atoms with van der Waals surface area (Å²) < 4.78 is 0. The quantitative estimate of drug-likeness (QED) is 0.730. The lowest BCUT2D eigenvalue weighted by Crippen LogP contribution is -2.44. The van der Waals surface area contributed by atoms with E-state index in [-0.39, 0.29) is 0 Å². The van der Waals surface area contributed by atoms with Gasteiger partial charge in [0.1, 0.15) is 0 Å². The first kappa shape index (κ1) is 16.9. The molecule has 1 fully saturated rings. The van der Waals surface area contributed by atoms with Gasteiger partial charge in [0, 0.05) is 25.2 Å². The zero-order chi connectivity index (χ0) is 14.3. The third-order valence-corrected chi connectivity index (χ3v) is 5.06. The van der Waals surface area contributed by atoms with Crippen LogP contribution in [0.25, 0.3) is 0 Å². The van der Waals surface area contributed by atoms with E-state index in [1.165, 1.54) is 38.9 Å². The number of rotatable bonds is 8. The summed E-state index contributed by atoms with van der Waals surface area (Å²) in [5, 5.41) is 3.73. The second-order valence-corrected chi connectivity index (χ2v) is 6.25. The highest BCUT2D eigenvalue weighted by atomic mass is 15.1. The molecule has 0 amide bonds. The first-order chi connectivity index (χ1) is 9.08. The van der Waals surface area contributed by atoms with Gasteiger partial charge >= 0.3 is 0 Å². The Morgan fingerprint density at radius 1 is 1.21 bits per heavy atom. The van der Waals surface area contributed by atoms with E-state index in [9.17, 15) is 0 Å². The van der Waals surface area contributed by atoms with Gasteiger partial charge in [-0.15, -0.1) is 0 Å². The largest absolute Gasteiger partial charge is 0.313 e. The highest BCUT2D eigenvalue weighted by Gasteiger charge is 2.22. The van der Waals surface area contributed by atoms with Crippen LogP contribution >= 0.6 is 0 Å². The third-order valence-electron chi connectivity index (χ3n) is 5.06. The van der Waals surface area contributed by atoms with Gasteiger partial charge in [-0.3, -0.25) is 0 Å². The Hall–Kier alpha value is -0.120. The van der Waals surface area contributed by atoms with E-state index < -0.39 is 0 Å². The molecule has 1 aliphatic rings. The molecule has 1 aliphatic heterocycles. The van der Waals surface area contributed by atoms with Crippen LogP contribution in [0, 0.1) is 5.92 Å². The molecule has 1 N–H and O–H groups in total. The number of likely N-dealkylation sites (tertiary alicyclic amines) is 1. The van der Waals surface area contributed by atoms with E-state index in [4.69, 9.17) is 0 Å². The molecule has 0 aliphatic carbocycles. The van der Waals surface area contributed by atoms with E-state index in [0.717, 1.165) is 19.0 Å². The predicted octanol–water partition coefficient (Wildman–Crippen LogP) is 2.43. The van der Waals surface area contributed by atoms with Crippen LogP contribution in [0.5, 0.6) is 0 Å². The molecule has 0 radical (unpaired) electrons. The zero-order valence-corrected chi connectivity index (χ0v) is 13.8. The molecule has 1 heterocycles. The van der Waals surface area contributed by atoms with Crippen molar-refractivity contribution in [2.75, 3.05) is 39.8 Å². The van der Waals surface area contributed by atoms with Crippen molar-refractivity contribution in [2.24, 2.45) is 5.92 Å². The fourth-order valence-corrected chi connectivity index (χ4v) is 2.94. The topological polar surface area (TPSA) is 18.5 Å². The molecule has 0 aromatic rings. The summed E-state index contributed by atoms with van der Waals surface area (Å²) in [5.41, 5.74) is 0. The molecule has 2 unspecified atom stereocenters. The summed E-state index contributed by atoms with van der Waals surface area (Å²) in [5.74, 6) is 0.872. The van der Waals surface area contributed by atoms with Crippen LogP contribution in [0.3, 0.4) is 0 Å². The minimum atomic E-state index is 0.671. The van der Waals surface area contributed by atoms with Crippen molar-refractivity contribution in [3.8, 4) is 0 Å². The average Bonchev–Trinajstić information content (AvgIpc) is 2.46. The molecule has 114 valence electrons. The van der Waals surface area contributed by atoms with E-state index in [2.05, 4.69) is 49.9 Å². The minimum absolute atomic E-state index is 0.671. The van der Waals surface area contributed by atoms with Crippen molar-refractivity contribution in [1.29, 1.82) is 0 Å². The summed E-state index contributed by atoms with van der Waals surface area (Å²) >= 11 is 0. The molecule has 2 atom stereocenters. The maximum absolute atomic E-state index is 3.73. The first-order valence-corrected chi connectivity index (χ1v) is 8.24. The number of nitrogens with one attached hydrogen (secondary N) is 1. The second kappa shape index (κ2) is 8.93. The molecular formula is C16H35N3. The molecule has 0 aromatic carbocycles. The highest BCUT2D eigenvalue weighted by molar-refractivity contribution is 4.79. The Morgan fingerprint density at radius 3 is 2.37 bits per heavy atom. The first-order valence-electron chi connectivity index (χ1n) is 8.24. The number of hydrogen-bond acceptors (Lipinski definition) is 3. The van der Waals surface area contributed by atoms with Gasteiger partial charge in [-0.25, -0.2) is 0 Å². The second-order valence-electron chi connectivity index (χ2n) is 6.25. The fraction of sp³-hybridized carbons (Fsp3) is 1.00. The highest BCUT2D eigenvalue weighted by Crippen LogP contribution is 2.20. The van der Waals surface area contributed by atoms with Crippen molar-refractivity contribution in [3.05, 3.63) is 0 Å². The maximum atomic E-state index is 3.73. The minimum Gasteiger partial charge on any atom is -0.313 e. The van der Waals surface area contributed by atoms with Crippen molar-refractivity contribution >= 4 is 0 Å². The summed E-state index contributed by atoms with van der Waals surface area (Å²) in [6.07, 6.45) is 3.97. The van der Waals surface area contributed by atoms with Crippen LogP contribution in [-0.4, -0.2) is 61.7 Å². The van der Waals surface area contributed by atoms with E-state index in [0.29, 0.717) is 12.1 Å². The molecule has 3 nitrogen and oxygen atoms in total. The molecule has 0 aromatic heterocycles. The van der Waals surface area contributed by atoms with Gasteiger partial charge in [0.15, 0.2) is 0 Å². The number of nitrogens with zero attached hydrogens (tertiary/aromatic N) is 2. The van der Waals surface area contributed by atoms with Crippen LogP contribution in [0.4, 0.5) is 0 Å². The zero-order valence-electron chi connectivity index (χ0n) is 13.8. The van der Waals surface area contributed by atoms with Gasteiger partial charge in [-0.1, -0.05) is 13.8 Å². The molecule has 0 saturated carbocycles. The van der Waals surface area contributed by atoms with Gasteiger partial charge < -0.3 is 15.1 Å². The molecular weight excluding hydrogens is 234 g/mol. The van der Waals surface area contributed by atoms with Gasteiger partial charge in [-0.2, -0.15) is 0 Å². The molecule has 3 heteroatoms. The summed E-state index contributed by atoms with van der Waals surface area (Å²) in [6, 6.07) is 1.37. The fourth-order valence-electron chi connectivity index (χ4n) is 2.94. The molecule has 0 bridgehead atoms. The number of hydrogen-bond donors (Lipinski definition) is 1. The third kappa shape index (κ3) is 5.80. The average molecular weight is 269 g/mol. The maximum Gasteiger partial charge on any atom is 0.0107 e. The van der Waals surface area contributed by atoms with E-state index in [1.807, 2.05) is 0 Å². The Bertz CT molecular complexity index is 224. The number of likely N-dealkylation sites (N-methyl/N-ethyl adjacent to an activating group) is 1. The summed E-state index contributed by atoms with van der Waals surface area (Å²) in [6.45, 7) is 15.3. The lowest BCUT2D eigenvalue weighted by Gasteiger charge is -2.35. The van der Waals surface area contributed by atoms with Crippen molar-refractivity contribution in [1.82, 2.24) is 15.1 Å². The Kier molecular flexibility index (Phi) is 7.96. The smallest absolute Gasteiger partial charge is 0.0107 e. The van der Waals surface area contributed by atoms with Gasteiger partial charge in [0.05, 0.1) is 0 Å². The molecule has 1 saturated heterocycles. The normalized spacial score (nSPS) is 21.8. The van der Waals surface area contributed by atoms with Gasteiger partial charge in [0.25, 0.3) is 0 Å². The van der Waals surface area contributed by atoms with E-state index >= 15 is 0 Å². The molecule has 1 rings (SSSR count).